The summed E-state index contributed by atoms with van der Waals surface area (Å²) in [6.07, 6.45) is 0.691. The maximum absolute atomic E-state index is 12.0. The van der Waals surface area contributed by atoms with Gasteiger partial charge in [-0.2, -0.15) is 4.72 Å². The van der Waals surface area contributed by atoms with Crippen LogP contribution in [0.4, 0.5) is 0 Å². The average molecular weight is 337 g/mol. The molecular formula is C12H17ClN2O5S. The van der Waals surface area contributed by atoms with Gasteiger partial charge in [-0.05, 0) is 37.6 Å². The summed E-state index contributed by atoms with van der Waals surface area (Å²) in [4.78, 5) is 11.1. The molecular weight excluding hydrogens is 320 g/mol. The number of hydrogen-bond acceptors (Lipinski definition) is 5. The second-order valence-corrected chi connectivity index (χ2v) is 6.27. The largest absolute Gasteiger partial charge is 0.494 e. The molecule has 0 spiro atoms. The summed E-state index contributed by atoms with van der Waals surface area (Å²) in [5.41, 5.74) is 1.38. The monoisotopic (exact) mass is 336 g/mol. The number of hydroxylamine groups is 1. The Kier molecular flexibility index (Phi) is 6.90. The molecule has 9 heteroatoms. The maximum Gasteiger partial charge on any atom is 0.261 e. The molecule has 0 heterocycles. The third-order valence-corrected chi connectivity index (χ3v) is 4.34. The van der Waals surface area contributed by atoms with Crippen molar-refractivity contribution in [2.45, 2.75) is 24.3 Å². The predicted octanol–water partition coefficient (Wildman–Crippen LogP) is 0.866. The lowest BCUT2D eigenvalue weighted by Crippen LogP contribution is -2.43. The summed E-state index contributed by atoms with van der Waals surface area (Å²) in [5, 5.41) is 8.45. The number of nitrogens with one attached hydrogen (secondary N) is 2. The first-order valence-corrected chi connectivity index (χ1v) is 8.17. The van der Waals surface area contributed by atoms with E-state index < -0.39 is 22.0 Å². The lowest BCUT2D eigenvalue weighted by molar-refractivity contribution is -0.130. The Labute approximate surface area is 128 Å². The first kappa shape index (κ1) is 17.7. The Balaban J connectivity index is 2.73. The fourth-order valence-electron chi connectivity index (χ4n) is 1.41. The number of amides is 1. The van der Waals surface area contributed by atoms with Crippen molar-refractivity contribution in [1.29, 1.82) is 0 Å². The van der Waals surface area contributed by atoms with Crippen LogP contribution in [0.25, 0.3) is 0 Å². The van der Waals surface area contributed by atoms with Crippen LogP contribution in [-0.2, 0) is 14.8 Å². The standard InChI is InChI=1S/C12H17ClN2O5S/c1-9(12(16)14-17)15-21(18,19)11-5-3-10(4-6-11)20-8-2-7-13/h3-6,9,15,17H,2,7-8H2,1H3,(H,14,16). The molecule has 0 bridgehead atoms. The number of alkyl halides is 1. The zero-order chi connectivity index (χ0) is 15.9. The Hall–Kier alpha value is -1.35. The highest BCUT2D eigenvalue weighted by Crippen LogP contribution is 2.16. The van der Waals surface area contributed by atoms with Gasteiger partial charge in [-0.25, -0.2) is 13.9 Å². The number of rotatable bonds is 8. The van der Waals surface area contributed by atoms with Crippen LogP contribution < -0.4 is 14.9 Å². The summed E-state index contributed by atoms with van der Waals surface area (Å²) in [7, 11) is -3.86. The van der Waals surface area contributed by atoms with Crippen molar-refractivity contribution in [2.24, 2.45) is 0 Å². The van der Waals surface area contributed by atoms with Gasteiger partial charge in [0.15, 0.2) is 0 Å². The van der Waals surface area contributed by atoms with E-state index in [1.54, 1.807) is 0 Å². The van der Waals surface area contributed by atoms with Gasteiger partial charge in [-0.3, -0.25) is 10.0 Å². The molecule has 1 atom stereocenters. The molecule has 0 aliphatic rings. The van der Waals surface area contributed by atoms with Crippen LogP contribution in [0, 0.1) is 0 Å². The third-order valence-electron chi connectivity index (χ3n) is 2.52. The van der Waals surface area contributed by atoms with Crippen molar-refractivity contribution in [1.82, 2.24) is 10.2 Å². The van der Waals surface area contributed by atoms with E-state index in [0.29, 0.717) is 24.7 Å². The van der Waals surface area contributed by atoms with E-state index in [1.165, 1.54) is 36.7 Å². The van der Waals surface area contributed by atoms with E-state index >= 15 is 0 Å². The van der Waals surface area contributed by atoms with Gasteiger partial charge in [0.25, 0.3) is 5.91 Å². The van der Waals surface area contributed by atoms with E-state index in [0.717, 1.165) is 0 Å². The molecule has 1 aromatic rings. The predicted molar refractivity (Wildman–Crippen MR) is 77.0 cm³/mol. The molecule has 0 saturated carbocycles. The van der Waals surface area contributed by atoms with Gasteiger partial charge in [0, 0.05) is 5.88 Å². The van der Waals surface area contributed by atoms with Crippen LogP contribution in [0.1, 0.15) is 13.3 Å². The topological polar surface area (TPSA) is 105 Å². The second kappa shape index (κ2) is 8.18. The molecule has 1 aromatic carbocycles. The highest BCUT2D eigenvalue weighted by Gasteiger charge is 2.21. The Bertz CT molecular complexity index is 562. The summed E-state index contributed by atoms with van der Waals surface area (Å²) < 4.78 is 31.5. The summed E-state index contributed by atoms with van der Waals surface area (Å²) >= 11 is 5.52. The summed E-state index contributed by atoms with van der Waals surface area (Å²) in [5.74, 6) is 0.168. The fraction of sp³-hybridized carbons (Fsp3) is 0.417. The molecule has 21 heavy (non-hydrogen) atoms. The number of ether oxygens (including phenoxy) is 1. The van der Waals surface area contributed by atoms with E-state index in [9.17, 15) is 13.2 Å². The van der Waals surface area contributed by atoms with Crippen molar-refractivity contribution in [3.8, 4) is 5.75 Å². The Morgan fingerprint density at radius 1 is 1.38 bits per heavy atom. The number of hydrogen-bond donors (Lipinski definition) is 3. The number of carbonyl (C=O) groups is 1. The molecule has 0 saturated heterocycles. The zero-order valence-electron chi connectivity index (χ0n) is 11.4. The zero-order valence-corrected chi connectivity index (χ0v) is 12.9. The number of halogens is 1. The number of sulfonamides is 1. The first-order chi connectivity index (χ1) is 9.90. The van der Waals surface area contributed by atoms with Gasteiger partial charge < -0.3 is 4.74 Å². The molecule has 1 amide bonds. The third kappa shape index (κ3) is 5.50. The van der Waals surface area contributed by atoms with Crippen LogP contribution in [-0.4, -0.2) is 38.1 Å². The summed E-state index contributed by atoms with van der Waals surface area (Å²) in [6, 6.07) is 4.66. The maximum atomic E-state index is 12.0. The van der Waals surface area contributed by atoms with Gasteiger partial charge >= 0.3 is 0 Å². The first-order valence-electron chi connectivity index (χ1n) is 6.16. The summed E-state index contributed by atoms with van der Waals surface area (Å²) in [6.45, 7) is 1.76. The Morgan fingerprint density at radius 3 is 2.52 bits per heavy atom. The van der Waals surface area contributed by atoms with Crippen LogP contribution >= 0.6 is 11.6 Å². The fourth-order valence-corrected chi connectivity index (χ4v) is 2.72. The second-order valence-electron chi connectivity index (χ2n) is 4.18. The lowest BCUT2D eigenvalue weighted by atomic mass is 10.3. The normalized spacial score (nSPS) is 12.7. The van der Waals surface area contributed by atoms with Crippen LogP contribution in [0.2, 0.25) is 0 Å². The smallest absolute Gasteiger partial charge is 0.261 e. The van der Waals surface area contributed by atoms with Crippen molar-refractivity contribution in [3.05, 3.63) is 24.3 Å². The lowest BCUT2D eigenvalue weighted by Gasteiger charge is -2.12. The van der Waals surface area contributed by atoms with E-state index in [4.69, 9.17) is 21.5 Å². The minimum Gasteiger partial charge on any atom is -0.494 e. The van der Waals surface area contributed by atoms with E-state index in [2.05, 4.69) is 4.72 Å². The highest BCUT2D eigenvalue weighted by atomic mass is 35.5. The molecule has 0 aromatic heterocycles. The molecule has 0 aliphatic heterocycles. The van der Waals surface area contributed by atoms with Gasteiger partial charge in [0.1, 0.15) is 11.8 Å². The molecule has 3 N–H and O–H groups in total. The van der Waals surface area contributed by atoms with Crippen LogP contribution in [0.3, 0.4) is 0 Å². The molecule has 1 rings (SSSR count). The molecule has 7 nitrogen and oxygen atoms in total. The molecule has 0 aliphatic carbocycles. The molecule has 0 fully saturated rings. The van der Waals surface area contributed by atoms with Gasteiger partial charge in [-0.1, -0.05) is 0 Å². The van der Waals surface area contributed by atoms with Gasteiger partial charge in [0.2, 0.25) is 10.0 Å². The van der Waals surface area contributed by atoms with E-state index in [-0.39, 0.29) is 4.90 Å². The highest BCUT2D eigenvalue weighted by molar-refractivity contribution is 7.89. The quantitative estimate of drug-likeness (QED) is 0.283. The SMILES string of the molecule is CC(NS(=O)(=O)c1ccc(OCCCCl)cc1)C(=O)NO. The van der Waals surface area contributed by atoms with Crippen molar-refractivity contribution in [3.63, 3.8) is 0 Å². The Morgan fingerprint density at radius 2 is 2.00 bits per heavy atom. The van der Waals surface area contributed by atoms with Gasteiger partial charge in [0.05, 0.1) is 11.5 Å². The van der Waals surface area contributed by atoms with E-state index in [1.807, 2.05) is 0 Å². The van der Waals surface area contributed by atoms with Crippen molar-refractivity contribution >= 4 is 27.5 Å². The van der Waals surface area contributed by atoms with Crippen molar-refractivity contribution in [2.75, 3.05) is 12.5 Å². The minimum absolute atomic E-state index is 0.00946. The average Bonchev–Trinajstić information content (AvgIpc) is 2.46. The number of benzene rings is 1. The number of carbonyl (C=O) groups excluding carboxylic acids is 1. The minimum atomic E-state index is -3.86. The van der Waals surface area contributed by atoms with Crippen molar-refractivity contribution < 1.29 is 23.2 Å². The van der Waals surface area contributed by atoms with Gasteiger partial charge in [-0.15, -0.1) is 11.6 Å². The molecule has 118 valence electrons. The van der Waals surface area contributed by atoms with Crippen LogP contribution in [0.5, 0.6) is 5.75 Å². The van der Waals surface area contributed by atoms with Crippen LogP contribution in [0.15, 0.2) is 29.2 Å². The molecule has 0 radical (unpaired) electrons. The molecule has 1 unspecified atom stereocenters.